The molecule has 3 aromatic carbocycles. The molecule has 0 N–H and O–H groups in total. The van der Waals surface area contributed by atoms with Gasteiger partial charge < -0.3 is 9.80 Å². The molecule has 0 bridgehead atoms. The van der Waals surface area contributed by atoms with Crippen molar-refractivity contribution in [2.24, 2.45) is 0 Å². The molecule has 5 nitrogen and oxygen atoms in total. The van der Waals surface area contributed by atoms with E-state index in [0.717, 1.165) is 34.5 Å². The van der Waals surface area contributed by atoms with Gasteiger partial charge in [-0.25, -0.2) is 0 Å². The number of hydrogen-bond donors (Lipinski definition) is 0. The van der Waals surface area contributed by atoms with Crippen LogP contribution in [0.3, 0.4) is 0 Å². The van der Waals surface area contributed by atoms with Gasteiger partial charge in [0.25, 0.3) is 11.8 Å². The van der Waals surface area contributed by atoms with E-state index in [1.807, 2.05) is 109 Å². The van der Waals surface area contributed by atoms with E-state index < -0.39 is 0 Å². The Morgan fingerprint density at radius 3 is 1.92 bits per heavy atom. The molecule has 0 saturated heterocycles. The molecule has 188 valence electrons. The van der Waals surface area contributed by atoms with Crippen LogP contribution in [0.5, 0.6) is 0 Å². The summed E-state index contributed by atoms with van der Waals surface area (Å²) in [6.45, 7) is 5.60. The highest BCUT2D eigenvalue weighted by molar-refractivity contribution is 6.06. The molecule has 1 aromatic heterocycles. The van der Waals surface area contributed by atoms with Crippen LogP contribution in [0.1, 0.15) is 51.0 Å². The van der Waals surface area contributed by atoms with Gasteiger partial charge in [0, 0.05) is 37.0 Å². The third-order valence-electron chi connectivity index (χ3n) is 6.29. The third-order valence-corrected chi connectivity index (χ3v) is 6.29. The zero-order chi connectivity index (χ0) is 26.2. The Hall–Kier alpha value is -4.25. The fraction of sp³-hybridized carbons (Fsp3) is 0.219. The van der Waals surface area contributed by atoms with Gasteiger partial charge in [0.2, 0.25) is 0 Å². The minimum atomic E-state index is -0.115. The normalized spacial score (nSPS) is 10.7. The Kier molecular flexibility index (Phi) is 8.47. The van der Waals surface area contributed by atoms with Crippen LogP contribution in [-0.4, -0.2) is 40.2 Å². The first kappa shape index (κ1) is 25.8. The lowest BCUT2D eigenvalue weighted by Crippen LogP contribution is -2.32. The second-order valence-electron chi connectivity index (χ2n) is 9.23. The zero-order valence-electron chi connectivity index (χ0n) is 21.7. The van der Waals surface area contributed by atoms with Crippen LogP contribution in [0.15, 0.2) is 97.1 Å². The molecule has 0 aliphatic rings. The number of amides is 2. The molecule has 5 heteroatoms. The van der Waals surface area contributed by atoms with Crippen LogP contribution in [0.25, 0.3) is 11.1 Å². The Morgan fingerprint density at radius 1 is 0.703 bits per heavy atom. The Balaban J connectivity index is 1.66. The first-order chi connectivity index (χ1) is 18.0. The lowest BCUT2D eigenvalue weighted by Gasteiger charge is -2.24. The predicted molar refractivity (Wildman–Crippen MR) is 148 cm³/mol. The number of benzene rings is 3. The van der Waals surface area contributed by atoms with Crippen molar-refractivity contribution in [1.29, 1.82) is 0 Å². The van der Waals surface area contributed by atoms with Gasteiger partial charge in [0.15, 0.2) is 0 Å². The SMILES string of the molecule is CCCN(Cc1ccccc1)C(=O)c1ccccc1-c1ccccc1C(=O)N(C)Cc1cccc(C)n1. The molecule has 0 unspecified atom stereocenters. The molecule has 1 heterocycles. The van der Waals surface area contributed by atoms with Gasteiger partial charge in [-0.3, -0.25) is 14.6 Å². The predicted octanol–water partition coefficient (Wildman–Crippen LogP) is 6.38. The highest BCUT2D eigenvalue weighted by Gasteiger charge is 2.23. The number of hydrogen-bond acceptors (Lipinski definition) is 3. The summed E-state index contributed by atoms with van der Waals surface area (Å²) in [4.78, 5) is 35.5. The molecular formula is C32H33N3O2. The lowest BCUT2D eigenvalue weighted by molar-refractivity contribution is 0.0742. The number of aromatic nitrogens is 1. The monoisotopic (exact) mass is 491 g/mol. The Labute approximate surface area is 219 Å². The van der Waals surface area contributed by atoms with E-state index in [2.05, 4.69) is 11.9 Å². The molecule has 0 atom stereocenters. The number of nitrogens with zero attached hydrogens (tertiary/aromatic N) is 3. The number of rotatable bonds is 9. The largest absolute Gasteiger partial charge is 0.336 e. The van der Waals surface area contributed by atoms with Crippen LogP contribution in [-0.2, 0) is 13.1 Å². The van der Waals surface area contributed by atoms with Gasteiger partial charge in [-0.2, -0.15) is 0 Å². The van der Waals surface area contributed by atoms with Crippen LogP contribution < -0.4 is 0 Å². The van der Waals surface area contributed by atoms with Gasteiger partial charge in [-0.15, -0.1) is 0 Å². The van der Waals surface area contributed by atoms with Crippen LogP contribution in [0.2, 0.25) is 0 Å². The molecule has 0 saturated carbocycles. The number of aryl methyl sites for hydroxylation is 1. The molecule has 0 radical (unpaired) electrons. The quantitative estimate of drug-likeness (QED) is 0.273. The number of pyridine rings is 1. The van der Waals surface area contributed by atoms with Crippen molar-refractivity contribution in [3.8, 4) is 11.1 Å². The van der Waals surface area contributed by atoms with Crippen molar-refractivity contribution in [2.45, 2.75) is 33.4 Å². The van der Waals surface area contributed by atoms with Gasteiger partial charge in [0.1, 0.15) is 0 Å². The van der Waals surface area contributed by atoms with E-state index in [1.165, 1.54) is 0 Å². The summed E-state index contributed by atoms with van der Waals surface area (Å²) in [7, 11) is 1.78. The van der Waals surface area contributed by atoms with Crippen molar-refractivity contribution in [1.82, 2.24) is 14.8 Å². The van der Waals surface area contributed by atoms with Crippen LogP contribution in [0, 0.1) is 6.92 Å². The van der Waals surface area contributed by atoms with Crippen molar-refractivity contribution in [2.75, 3.05) is 13.6 Å². The first-order valence-electron chi connectivity index (χ1n) is 12.7. The summed E-state index contributed by atoms with van der Waals surface area (Å²) in [5.74, 6) is -0.156. The molecule has 0 spiro atoms. The van der Waals surface area contributed by atoms with E-state index in [0.29, 0.717) is 30.8 Å². The summed E-state index contributed by atoms with van der Waals surface area (Å²) < 4.78 is 0. The van der Waals surface area contributed by atoms with Crippen molar-refractivity contribution in [3.05, 3.63) is 125 Å². The topological polar surface area (TPSA) is 53.5 Å². The second kappa shape index (κ2) is 12.1. The van der Waals surface area contributed by atoms with Crippen LogP contribution in [0.4, 0.5) is 0 Å². The van der Waals surface area contributed by atoms with Gasteiger partial charge in [0.05, 0.1) is 12.2 Å². The molecule has 0 aliphatic carbocycles. The second-order valence-corrected chi connectivity index (χ2v) is 9.23. The average Bonchev–Trinajstić information content (AvgIpc) is 2.92. The van der Waals surface area contributed by atoms with E-state index in [4.69, 9.17) is 0 Å². The van der Waals surface area contributed by atoms with E-state index in [1.54, 1.807) is 11.9 Å². The molecule has 0 aliphatic heterocycles. The molecule has 37 heavy (non-hydrogen) atoms. The summed E-state index contributed by atoms with van der Waals surface area (Å²) in [6, 6.07) is 30.9. The average molecular weight is 492 g/mol. The fourth-order valence-electron chi connectivity index (χ4n) is 4.51. The third kappa shape index (κ3) is 6.31. The zero-order valence-corrected chi connectivity index (χ0v) is 21.7. The molecular weight excluding hydrogens is 458 g/mol. The summed E-state index contributed by atoms with van der Waals surface area (Å²) >= 11 is 0. The van der Waals surface area contributed by atoms with Gasteiger partial charge >= 0.3 is 0 Å². The van der Waals surface area contributed by atoms with E-state index in [-0.39, 0.29) is 11.8 Å². The highest BCUT2D eigenvalue weighted by atomic mass is 16.2. The van der Waals surface area contributed by atoms with Gasteiger partial charge in [-0.1, -0.05) is 79.7 Å². The molecule has 4 aromatic rings. The summed E-state index contributed by atoms with van der Waals surface area (Å²) in [6.07, 6.45) is 0.855. The summed E-state index contributed by atoms with van der Waals surface area (Å²) in [5, 5.41) is 0. The molecule has 0 fully saturated rings. The molecule has 2 amide bonds. The minimum Gasteiger partial charge on any atom is -0.336 e. The lowest BCUT2D eigenvalue weighted by atomic mass is 9.94. The molecule has 4 rings (SSSR count). The van der Waals surface area contributed by atoms with Crippen LogP contribution >= 0.6 is 0 Å². The maximum Gasteiger partial charge on any atom is 0.254 e. The fourth-order valence-corrected chi connectivity index (χ4v) is 4.51. The Morgan fingerprint density at radius 2 is 1.30 bits per heavy atom. The Bertz CT molecular complexity index is 1370. The maximum absolute atomic E-state index is 13.8. The number of carbonyl (C=O) groups excluding carboxylic acids is 2. The van der Waals surface area contributed by atoms with Crippen molar-refractivity contribution < 1.29 is 9.59 Å². The van der Waals surface area contributed by atoms with Crippen molar-refractivity contribution >= 4 is 11.8 Å². The van der Waals surface area contributed by atoms with E-state index in [9.17, 15) is 9.59 Å². The standard InChI is InChI=1S/C32H33N3O2/c1-4-21-35(22-25-14-6-5-7-15-25)32(37)30-20-11-9-18-28(30)27-17-8-10-19-29(27)31(36)34(3)23-26-16-12-13-24(2)33-26/h5-20H,4,21-23H2,1-3H3. The highest BCUT2D eigenvalue weighted by Crippen LogP contribution is 2.29. The minimum absolute atomic E-state index is 0.0409. The van der Waals surface area contributed by atoms with Crippen molar-refractivity contribution in [3.63, 3.8) is 0 Å². The first-order valence-corrected chi connectivity index (χ1v) is 12.7. The van der Waals surface area contributed by atoms with E-state index >= 15 is 0 Å². The maximum atomic E-state index is 13.8. The smallest absolute Gasteiger partial charge is 0.254 e. The number of carbonyl (C=O) groups is 2. The summed E-state index contributed by atoms with van der Waals surface area (Å²) in [5.41, 5.74) is 5.49. The van der Waals surface area contributed by atoms with Gasteiger partial charge in [-0.05, 0) is 54.3 Å².